The van der Waals surface area contributed by atoms with Crippen LogP contribution < -0.4 is 10.1 Å². The van der Waals surface area contributed by atoms with E-state index in [2.05, 4.69) is 5.32 Å². The van der Waals surface area contributed by atoms with E-state index in [0.29, 0.717) is 12.2 Å². The number of rotatable bonds is 7. The number of nitrogens with one attached hydrogen (secondary N) is 1. The number of carbonyl (C=O) groups is 2. The van der Waals surface area contributed by atoms with Crippen molar-refractivity contribution in [1.82, 2.24) is 9.62 Å². The number of hydrogen-bond donors (Lipinski definition) is 1. The van der Waals surface area contributed by atoms with Gasteiger partial charge in [0.15, 0.2) is 5.78 Å². The maximum Gasteiger partial charge on any atom is 0.244 e. The van der Waals surface area contributed by atoms with E-state index in [1.54, 1.807) is 31.4 Å². The van der Waals surface area contributed by atoms with Crippen LogP contribution in [-0.4, -0.2) is 44.1 Å². The highest BCUT2D eigenvalue weighted by molar-refractivity contribution is 7.89. The Morgan fingerprint density at radius 2 is 1.81 bits per heavy atom. The Hall–Kier alpha value is -2.71. The van der Waals surface area contributed by atoms with E-state index in [-0.39, 0.29) is 47.6 Å². The molecule has 166 valence electrons. The minimum absolute atomic E-state index is 0.0246. The van der Waals surface area contributed by atoms with Crippen LogP contribution in [0.5, 0.6) is 5.75 Å². The number of sulfonamides is 1. The van der Waals surface area contributed by atoms with Crippen molar-refractivity contribution in [3.05, 3.63) is 59.7 Å². The van der Waals surface area contributed by atoms with E-state index in [0.717, 1.165) is 5.56 Å². The molecule has 0 aromatic heterocycles. The fourth-order valence-electron chi connectivity index (χ4n) is 3.69. The Bertz CT molecular complexity index is 1050. The molecule has 0 unspecified atom stereocenters. The van der Waals surface area contributed by atoms with Crippen molar-refractivity contribution in [3.8, 4) is 5.75 Å². The summed E-state index contributed by atoms with van der Waals surface area (Å²) in [6.45, 7) is 4.12. The molecule has 1 aliphatic rings. The van der Waals surface area contributed by atoms with Crippen LogP contribution in [0.1, 0.15) is 42.6 Å². The standard InChI is InChI=1S/C23H28N2O5S/c1-16(2)14-20(23(27)24-15-17-8-10-18(30-3)11-9-17)25-13-12-21(26)19-6-4-5-7-22(19)31(25,28)29/h4-11,16,20H,12-15H2,1-3H3,(H,24,27)/t20-/m0/s1. The molecule has 8 heteroatoms. The Morgan fingerprint density at radius 1 is 1.13 bits per heavy atom. The van der Waals surface area contributed by atoms with Gasteiger partial charge in [0, 0.05) is 25.1 Å². The van der Waals surface area contributed by atoms with Gasteiger partial charge in [0.25, 0.3) is 0 Å². The predicted molar refractivity (Wildman–Crippen MR) is 117 cm³/mol. The highest BCUT2D eigenvalue weighted by Gasteiger charge is 2.40. The van der Waals surface area contributed by atoms with Crippen molar-refractivity contribution >= 4 is 21.7 Å². The molecule has 1 amide bonds. The Kier molecular flexibility index (Phi) is 7.12. The second-order valence-corrected chi connectivity index (χ2v) is 9.86. The van der Waals surface area contributed by atoms with Gasteiger partial charge in [-0.2, -0.15) is 4.31 Å². The number of nitrogens with zero attached hydrogens (tertiary/aromatic N) is 1. The normalized spacial score (nSPS) is 17.0. The van der Waals surface area contributed by atoms with Crippen LogP contribution in [0.3, 0.4) is 0 Å². The van der Waals surface area contributed by atoms with E-state index in [1.807, 2.05) is 26.0 Å². The molecule has 3 rings (SSSR count). The SMILES string of the molecule is COc1ccc(CNC(=O)[C@H](CC(C)C)N2CCC(=O)c3ccccc3S2(=O)=O)cc1. The van der Waals surface area contributed by atoms with Crippen LogP contribution in [0.2, 0.25) is 0 Å². The van der Waals surface area contributed by atoms with Crippen molar-refractivity contribution in [1.29, 1.82) is 0 Å². The van der Waals surface area contributed by atoms with E-state index in [1.165, 1.54) is 16.4 Å². The average Bonchev–Trinajstić information content (AvgIpc) is 2.85. The molecule has 0 spiro atoms. The summed E-state index contributed by atoms with van der Waals surface area (Å²) >= 11 is 0. The minimum Gasteiger partial charge on any atom is -0.497 e. The van der Waals surface area contributed by atoms with Crippen molar-refractivity contribution in [2.45, 2.75) is 44.2 Å². The topological polar surface area (TPSA) is 92.8 Å². The lowest BCUT2D eigenvalue weighted by Gasteiger charge is -2.30. The molecular weight excluding hydrogens is 416 g/mol. The first-order valence-corrected chi connectivity index (χ1v) is 11.7. The first-order valence-electron chi connectivity index (χ1n) is 10.3. The molecule has 1 atom stereocenters. The fraction of sp³-hybridized carbons (Fsp3) is 0.391. The van der Waals surface area contributed by atoms with E-state index < -0.39 is 16.1 Å². The predicted octanol–water partition coefficient (Wildman–Crippen LogP) is 3.00. The van der Waals surface area contributed by atoms with Gasteiger partial charge in [0.05, 0.1) is 12.0 Å². The van der Waals surface area contributed by atoms with Gasteiger partial charge in [-0.1, -0.05) is 44.2 Å². The van der Waals surface area contributed by atoms with E-state index >= 15 is 0 Å². The van der Waals surface area contributed by atoms with Crippen molar-refractivity contribution in [3.63, 3.8) is 0 Å². The van der Waals surface area contributed by atoms with Crippen LogP contribution in [0.4, 0.5) is 0 Å². The molecule has 0 fully saturated rings. The molecule has 7 nitrogen and oxygen atoms in total. The van der Waals surface area contributed by atoms with Gasteiger partial charge >= 0.3 is 0 Å². The summed E-state index contributed by atoms with van der Waals surface area (Å²) < 4.78 is 33.2. The van der Waals surface area contributed by atoms with Crippen LogP contribution >= 0.6 is 0 Å². The van der Waals surface area contributed by atoms with Crippen LogP contribution in [0.25, 0.3) is 0 Å². The number of ketones is 1. The van der Waals surface area contributed by atoms with Crippen LogP contribution in [0, 0.1) is 5.92 Å². The number of Topliss-reactive ketones (excluding diaryl/α,β-unsaturated/α-hetero) is 1. The summed E-state index contributed by atoms with van der Waals surface area (Å²) in [5.74, 6) is 0.191. The second kappa shape index (κ2) is 9.62. The number of ether oxygens (including phenoxy) is 1. The van der Waals surface area contributed by atoms with E-state index in [4.69, 9.17) is 4.74 Å². The van der Waals surface area contributed by atoms with Gasteiger partial charge < -0.3 is 10.1 Å². The van der Waals surface area contributed by atoms with Crippen molar-refractivity contribution in [2.75, 3.05) is 13.7 Å². The van der Waals surface area contributed by atoms with E-state index in [9.17, 15) is 18.0 Å². The zero-order valence-corrected chi connectivity index (χ0v) is 18.8. The number of fused-ring (bicyclic) bond motifs is 1. The maximum atomic E-state index is 13.4. The number of benzene rings is 2. The molecular formula is C23H28N2O5S. The van der Waals surface area contributed by atoms with Crippen LogP contribution in [-0.2, 0) is 21.4 Å². The summed E-state index contributed by atoms with van der Waals surface area (Å²) in [7, 11) is -2.42. The minimum atomic E-state index is -4.00. The Balaban J connectivity index is 1.87. The van der Waals surface area contributed by atoms with Crippen LogP contribution in [0.15, 0.2) is 53.4 Å². The molecule has 0 radical (unpaired) electrons. The lowest BCUT2D eigenvalue weighted by atomic mass is 10.0. The highest BCUT2D eigenvalue weighted by Crippen LogP contribution is 2.29. The van der Waals surface area contributed by atoms with Gasteiger partial charge in [0.1, 0.15) is 11.8 Å². The number of carbonyl (C=O) groups excluding carboxylic acids is 2. The summed E-state index contributed by atoms with van der Waals surface area (Å²) in [6, 6.07) is 12.6. The third-order valence-corrected chi connectivity index (χ3v) is 7.27. The number of amides is 1. The van der Waals surface area contributed by atoms with Gasteiger partial charge in [-0.3, -0.25) is 9.59 Å². The van der Waals surface area contributed by atoms with Gasteiger partial charge in [-0.05, 0) is 36.1 Å². The Morgan fingerprint density at radius 3 is 2.45 bits per heavy atom. The second-order valence-electron chi connectivity index (χ2n) is 8.00. The van der Waals surface area contributed by atoms with Gasteiger partial charge in [-0.15, -0.1) is 0 Å². The fourth-order valence-corrected chi connectivity index (χ4v) is 5.50. The molecule has 0 saturated carbocycles. The lowest BCUT2D eigenvalue weighted by Crippen LogP contribution is -2.50. The van der Waals surface area contributed by atoms with Crippen molar-refractivity contribution in [2.24, 2.45) is 5.92 Å². The van der Waals surface area contributed by atoms with Gasteiger partial charge in [0.2, 0.25) is 15.9 Å². The summed E-state index contributed by atoms with van der Waals surface area (Å²) in [5.41, 5.74) is 1.06. The van der Waals surface area contributed by atoms with Gasteiger partial charge in [-0.25, -0.2) is 8.42 Å². The third-order valence-electron chi connectivity index (χ3n) is 5.30. The molecule has 0 aliphatic carbocycles. The highest BCUT2D eigenvalue weighted by atomic mass is 32.2. The zero-order valence-electron chi connectivity index (χ0n) is 18.0. The number of methoxy groups -OCH3 is 1. The average molecular weight is 445 g/mol. The molecule has 1 heterocycles. The summed E-state index contributed by atoms with van der Waals surface area (Å²) in [6.07, 6.45) is 0.390. The zero-order chi connectivity index (χ0) is 22.6. The lowest BCUT2D eigenvalue weighted by molar-refractivity contribution is -0.125. The first-order chi connectivity index (χ1) is 14.7. The maximum absolute atomic E-state index is 13.4. The molecule has 1 aliphatic heterocycles. The summed E-state index contributed by atoms with van der Waals surface area (Å²) in [4.78, 5) is 25.6. The molecule has 1 N–H and O–H groups in total. The molecule has 0 saturated heterocycles. The summed E-state index contributed by atoms with van der Waals surface area (Å²) in [5, 5.41) is 2.86. The number of hydrogen-bond acceptors (Lipinski definition) is 5. The quantitative estimate of drug-likeness (QED) is 0.709. The Labute approximate surface area is 183 Å². The molecule has 2 aromatic rings. The monoisotopic (exact) mass is 444 g/mol. The molecule has 0 bridgehead atoms. The smallest absolute Gasteiger partial charge is 0.244 e. The molecule has 2 aromatic carbocycles. The third kappa shape index (κ3) is 5.14. The first kappa shape index (κ1) is 23.0. The van der Waals surface area contributed by atoms with Crippen molar-refractivity contribution < 1.29 is 22.7 Å². The largest absolute Gasteiger partial charge is 0.497 e. The molecule has 31 heavy (non-hydrogen) atoms.